The number of carbonyl (C=O) groups is 1. The lowest BCUT2D eigenvalue weighted by Gasteiger charge is -2.11. The van der Waals surface area contributed by atoms with E-state index in [1.807, 2.05) is 41.2 Å². The number of aromatic amines is 1. The molecule has 3 rings (SSSR count). The van der Waals surface area contributed by atoms with Crippen LogP contribution in [0.1, 0.15) is 17.5 Å². The van der Waals surface area contributed by atoms with Crippen molar-refractivity contribution in [3.8, 4) is 5.69 Å². The van der Waals surface area contributed by atoms with Gasteiger partial charge >= 0.3 is 0 Å². The van der Waals surface area contributed by atoms with Crippen molar-refractivity contribution in [1.29, 1.82) is 0 Å². The summed E-state index contributed by atoms with van der Waals surface area (Å²) in [6, 6.07) is 7.95. The first-order valence-electron chi connectivity index (χ1n) is 7.13. The molecule has 6 heteroatoms. The average molecular weight is 295 g/mol. The molecule has 1 aromatic carbocycles. The quantitative estimate of drug-likeness (QED) is 0.728. The molecular weight excluding hydrogens is 278 g/mol. The van der Waals surface area contributed by atoms with Crippen LogP contribution in [0.4, 0.5) is 0 Å². The van der Waals surface area contributed by atoms with Gasteiger partial charge in [-0.1, -0.05) is 18.2 Å². The molecule has 3 aromatic rings. The summed E-state index contributed by atoms with van der Waals surface area (Å²) in [6.45, 7) is 0.499. The van der Waals surface area contributed by atoms with Crippen LogP contribution in [0, 0.1) is 0 Å². The second-order valence-electron chi connectivity index (χ2n) is 4.98. The summed E-state index contributed by atoms with van der Waals surface area (Å²) in [7, 11) is 0. The number of para-hydroxylation sites is 1. The standard InChI is InChI=1S/C16H17N5O/c22-16(6-5-13-9-19-20-10-13)18-11-14-3-1-2-4-15(14)21-8-7-17-12-21/h1-4,7-10,12H,5-6,11H2,(H,18,22)(H,19,20). The highest BCUT2D eigenvalue weighted by molar-refractivity contribution is 5.76. The average Bonchev–Trinajstić information content (AvgIpc) is 3.24. The highest BCUT2D eigenvalue weighted by atomic mass is 16.1. The lowest BCUT2D eigenvalue weighted by atomic mass is 10.1. The highest BCUT2D eigenvalue weighted by Gasteiger charge is 2.06. The third-order valence-electron chi connectivity index (χ3n) is 3.45. The van der Waals surface area contributed by atoms with Crippen LogP contribution in [0.2, 0.25) is 0 Å². The summed E-state index contributed by atoms with van der Waals surface area (Å²) in [5.41, 5.74) is 3.11. The van der Waals surface area contributed by atoms with Crippen LogP contribution in [0.5, 0.6) is 0 Å². The van der Waals surface area contributed by atoms with Crippen molar-refractivity contribution in [2.24, 2.45) is 0 Å². The van der Waals surface area contributed by atoms with E-state index in [4.69, 9.17) is 0 Å². The Morgan fingerprint density at radius 3 is 3.00 bits per heavy atom. The molecule has 2 heterocycles. The molecule has 0 radical (unpaired) electrons. The highest BCUT2D eigenvalue weighted by Crippen LogP contribution is 2.13. The lowest BCUT2D eigenvalue weighted by molar-refractivity contribution is -0.121. The number of hydrogen-bond donors (Lipinski definition) is 2. The van der Waals surface area contributed by atoms with E-state index >= 15 is 0 Å². The smallest absolute Gasteiger partial charge is 0.220 e. The monoisotopic (exact) mass is 295 g/mol. The van der Waals surface area contributed by atoms with Gasteiger partial charge in [-0.15, -0.1) is 0 Å². The maximum absolute atomic E-state index is 11.9. The molecule has 6 nitrogen and oxygen atoms in total. The molecule has 1 amide bonds. The van der Waals surface area contributed by atoms with Crippen LogP contribution in [0.3, 0.4) is 0 Å². The summed E-state index contributed by atoms with van der Waals surface area (Å²) in [6.07, 6.45) is 10.1. The Hall–Kier alpha value is -2.89. The molecular formula is C16H17N5O. The molecule has 0 aliphatic rings. The maximum Gasteiger partial charge on any atom is 0.220 e. The number of hydrogen-bond acceptors (Lipinski definition) is 3. The minimum absolute atomic E-state index is 0.0293. The number of aryl methyl sites for hydroxylation is 1. The Bertz CT molecular complexity index is 719. The number of H-pyrrole nitrogens is 1. The topological polar surface area (TPSA) is 75.6 Å². The molecule has 0 saturated heterocycles. The van der Waals surface area contributed by atoms with E-state index in [9.17, 15) is 4.79 Å². The number of amides is 1. The summed E-state index contributed by atoms with van der Waals surface area (Å²) >= 11 is 0. The second kappa shape index (κ2) is 6.71. The van der Waals surface area contributed by atoms with Crippen molar-refractivity contribution in [1.82, 2.24) is 25.1 Å². The largest absolute Gasteiger partial charge is 0.352 e. The van der Waals surface area contributed by atoms with Crippen molar-refractivity contribution in [2.75, 3.05) is 0 Å². The van der Waals surface area contributed by atoms with E-state index in [1.54, 1.807) is 18.7 Å². The zero-order valence-corrected chi connectivity index (χ0v) is 12.1. The molecule has 0 spiro atoms. The van der Waals surface area contributed by atoms with Crippen LogP contribution < -0.4 is 5.32 Å². The summed E-state index contributed by atoms with van der Waals surface area (Å²) in [5, 5.41) is 9.57. The van der Waals surface area contributed by atoms with Crippen molar-refractivity contribution in [3.63, 3.8) is 0 Å². The molecule has 0 aliphatic heterocycles. The fourth-order valence-corrected chi connectivity index (χ4v) is 2.27. The van der Waals surface area contributed by atoms with E-state index in [-0.39, 0.29) is 5.91 Å². The van der Waals surface area contributed by atoms with Crippen molar-refractivity contribution in [3.05, 3.63) is 66.5 Å². The minimum Gasteiger partial charge on any atom is -0.352 e. The van der Waals surface area contributed by atoms with Gasteiger partial charge in [0.25, 0.3) is 0 Å². The maximum atomic E-state index is 11.9. The van der Waals surface area contributed by atoms with Crippen LogP contribution in [0.25, 0.3) is 5.69 Å². The van der Waals surface area contributed by atoms with E-state index in [0.717, 1.165) is 16.8 Å². The Kier molecular flexibility index (Phi) is 4.29. The van der Waals surface area contributed by atoms with Gasteiger partial charge in [-0.3, -0.25) is 9.89 Å². The number of carbonyl (C=O) groups excluding carboxylic acids is 1. The third-order valence-corrected chi connectivity index (χ3v) is 3.45. The van der Waals surface area contributed by atoms with E-state index in [0.29, 0.717) is 19.4 Å². The lowest BCUT2D eigenvalue weighted by Crippen LogP contribution is -2.23. The van der Waals surface area contributed by atoms with Crippen LogP contribution in [0.15, 0.2) is 55.4 Å². The van der Waals surface area contributed by atoms with Crippen molar-refractivity contribution in [2.45, 2.75) is 19.4 Å². The second-order valence-corrected chi connectivity index (χ2v) is 4.98. The SMILES string of the molecule is O=C(CCc1cn[nH]c1)NCc1ccccc1-n1ccnc1. The van der Waals surface area contributed by atoms with E-state index < -0.39 is 0 Å². The first kappa shape index (κ1) is 14.1. The fourth-order valence-electron chi connectivity index (χ4n) is 2.27. The van der Waals surface area contributed by atoms with Gasteiger partial charge in [0.1, 0.15) is 0 Å². The van der Waals surface area contributed by atoms with Crippen LogP contribution in [-0.2, 0) is 17.8 Å². The number of nitrogens with one attached hydrogen (secondary N) is 2. The number of benzene rings is 1. The summed E-state index contributed by atoms with van der Waals surface area (Å²) in [4.78, 5) is 16.0. The van der Waals surface area contributed by atoms with Gasteiger partial charge in [-0.05, 0) is 23.6 Å². The molecule has 2 aromatic heterocycles. The molecule has 0 unspecified atom stereocenters. The summed E-state index contributed by atoms with van der Waals surface area (Å²) < 4.78 is 1.94. The molecule has 22 heavy (non-hydrogen) atoms. The Balaban J connectivity index is 1.58. The number of aromatic nitrogens is 4. The molecule has 0 bridgehead atoms. The zero-order chi connectivity index (χ0) is 15.2. The number of nitrogens with zero attached hydrogens (tertiary/aromatic N) is 3. The van der Waals surface area contributed by atoms with E-state index in [2.05, 4.69) is 20.5 Å². The number of rotatable bonds is 6. The first-order valence-corrected chi connectivity index (χ1v) is 7.13. The zero-order valence-electron chi connectivity index (χ0n) is 12.1. The van der Waals surface area contributed by atoms with Gasteiger partial charge in [0.15, 0.2) is 0 Å². The van der Waals surface area contributed by atoms with Crippen LogP contribution >= 0.6 is 0 Å². The molecule has 0 saturated carbocycles. The van der Waals surface area contributed by atoms with Gasteiger partial charge < -0.3 is 9.88 Å². The molecule has 112 valence electrons. The van der Waals surface area contributed by atoms with Crippen molar-refractivity contribution >= 4 is 5.91 Å². The third kappa shape index (κ3) is 3.41. The molecule has 0 aliphatic carbocycles. The molecule has 2 N–H and O–H groups in total. The molecule has 0 atom stereocenters. The summed E-state index contributed by atoms with van der Waals surface area (Å²) in [5.74, 6) is 0.0293. The van der Waals surface area contributed by atoms with E-state index in [1.165, 1.54) is 0 Å². The normalized spacial score (nSPS) is 10.5. The van der Waals surface area contributed by atoms with Gasteiger partial charge in [-0.25, -0.2) is 4.98 Å². The predicted octanol–water partition coefficient (Wildman–Crippen LogP) is 1.84. The van der Waals surface area contributed by atoms with Gasteiger partial charge in [0.05, 0.1) is 18.2 Å². The fraction of sp³-hybridized carbons (Fsp3) is 0.188. The Labute approximate surface area is 128 Å². The van der Waals surface area contributed by atoms with Crippen molar-refractivity contribution < 1.29 is 4.79 Å². The Morgan fingerprint density at radius 1 is 1.32 bits per heavy atom. The number of imidazole rings is 1. The first-order chi connectivity index (χ1) is 10.8. The minimum atomic E-state index is 0.0293. The predicted molar refractivity (Wildman–Crippen MR) is 82.3 cm³/mol. The molecule has 0 fully saturated rings. The Morgan fingerprint density at radius 2 is 2.23 bits per heavy atom. The van der Waals surface area contributed by atoms with Gasteiger partial charge in [0, 0.05) is 31.6 Å². The van der Waals surface area contributed by atoms with Gasteiger partial charge in [-0.2, -0.15) is 5.10 Å². The van der Waals surface area contributed by atoms with Gasteiger partial charge in [0.2, 0.25) is 5.91 Å². The van der Waals surface area contributed by atoms with Crippen LogP contribution in [-0.4, -0.2) is 25.7 Å².